The molecule has 1 heterocycles. The molecule has 4 heteroatoms. The number of nitrogens with zero attached hydrogens (tertiary/aromatic N) is 1. The molecule has 0 aliphatic rings. The molecule has 1 nitrogen and oxygen atoms in total. The maximum atomic E-state index is 13.1. The number of hydrogen-bond donors (Lipinski definition) is 0. The third kappa shape index (κ3) is 3.89. The Morgan fingerprint density at radius 3 is 1.89 bits per heavy atom. The Morgan fingerprint density at radius 1 is 0.528 bits per heavy atom. The summed E-state index contributed by atoms with van der Waals surface area (Å²) >= 11 is 0. The molecule has 176 valence electrons. The highest BCUT2D eigenvalue weighted by Gasteiger charge is 2.30. The molecule has 1 aromatic heterocycles. The van der Waals surface area contributed by atoms with Crippen molar-refractivity contribution in [1.29, 1.82) is 0 Å². The molecule has 5 aromatic carbocycles. The first-order valence-electron chi connectivity index (χ1n) is 11.8. The second kappa shape index (κ2) is 8.20. The largest absolute Gasteiger partial charge is 0.416 e. The second-order valence-corrected chi connectivity index (χ2v) is 9.41. The first kappa shape index (κ1) is 22.3. The van der Waals surface area contributed by atoms with Crippen LogP contribution in [-0.2, 0) is 6.18 Å². The van der Waals surface area contributed by atoms with Gasteiger partial charge in [0, 0.05) is 17.1 Å². The Balaban J connectivity index is 1.45. The number of fused-ring (bicyclic) bond motifs is 4. The van der Waals surface area contributed by atoms with Crippen molar-refractivity contribution < 1.29 is 13.2 Å². The number of alkyl halides is 3. The predicted molar refractivity (Wildman–Crippen MR) is 142 cm³/mol. The van der Waals surface area contributed by atoms with Gasteiger partial charge in [0.2, 0.25) is 0 Å². The minimum Gasteiger partial charge on any atom is -0.256 e. The van der Waals surface area contributed by atoms with Crippen LogP contribution in [0.2, 0.25) is 0 Å². The molecular formula is C32H22F3N. The molecule has 0 bridgehead atoms. The SMILES string of the molecule is Cc1cc(C)cc(-c2nccc3c2ccc2cc(-c4ccc5cc(C(F)(F)F)ccc5c4)ccc23)c1. The van der Waals surface area contributed by atoms with Gasteiger partial charge in [0.05, 0.1) is 11.3 Å². The van der Waals surface area contributed by atoms with Gasteiger partial charge in [-0.3, -0.25) is 4.98 Å². The summed E-state index contributed by atoms with van der Waals surface area (Å²) in [6, 6.07) is 28.6. The van der Waals surface area contributed by atoms with E-state index in [-0.39, 0.29) is 0 Å². The van der Waals surface area contributed by atoms with Crippen LogP contribution in [0.15, 0.2) is 97.2 Å². The summed E-state index contributed by atoms with van der Waals surface area (Å²) in [5.74, 6) is 0. The van der Waals surface area contributed by atoms with Gasteiger partial charge < -0.3 is 0 Å². The standard InChI is InChI=1S/C32H22F3N/c1-19-13-20(2)15-26(14-19)31-30-10-7-25-17-23(6-9-28(25)29(30)11-12-36-31)21-3-4-24-18-27(32(33,34)35)8-5-22(24)16-21/h3-18H,1-2H3. The lowest BCUT2D eigenvalue weighted by Gasteiger charge is -2.12. The zero-order valence-corrected chi connectivity index (χ0v) is 19.8. The van der Waals surface area contributed by atoms with Crippen molar-refractivity contribution in [2.24, 2.45) is 0 Å². The third-order valence-corrected chi connectivity index (χ3v) is 6.76. The number of pyridine rings is 1. The summed E-state index contributed by atoms with van der Waals surface area (Å²) in [6.45, 7) is 4.20. The molecule has 0 unspecified atom stereocenters. The van der Waals surface area contributed by atoms with E-state index in [0.717, 1.165) is 55.4 Å². The molecule has 0 atom stereocenters. The van der Waals surface area contributed by atoms with Crippen LogP contribution in [-0.4, -0.2) is 4.98 Å². The predicted octanol–water partition coefficient (Wildman–Crippen LogP) is 9.51. The van der Waals surface area contributed by atoms with E-state index in [4.69, 9.17) is 4.98 Å². The van der Waals surface area contributed by atoms with Crippen molar-refractivity contribution in [3.8, 4) is 22.4 Å². The van der Waals surface area contributed by atoms with Crippen molar-refractivity contribution in [3.63, 3.8) is 0 Å². The quantitative estimate of drug-likeness (QED) is 0.226. The molecule has 0 saturated heterocycles. The Hall–Kier alpha value is -4.18. The number of hydrogen-bond acceptors (Lipinski definition) is 1. The van der Waals surface area contributed by atoms with Gasteiger partial charge in [-0.1, -0.05) is 59.7 Å². The summed E-state index contributed by atoms with van der Waals surface area (Å²) < 4.78 is 39.2. The van der Waals surface area contributed by atoms with Crippen LogP contribution in [0.5, 0.6) is 0 Å². The van der Waals surface area contributed by atoms with Gasteiger partial charge in [-0.05, 0) is 94.4 Å². The lowest BCUT2D eigenvalue weighted by molar-refractivity contribution is -0.137. The van der Waals surface area contributed by atoms with Gasteiger partial charge in [0.1, 0.15) is 0 Å². The van der Waals surface area contributed by atoms with E-state index in [9.17, 15) is 13.2 Å². The molecule has 0 amide bonds. The summed E-state index contributed by atoms with van der Waals surface area (Å²) in [6.07, 6.45) is -2.48. The fourth-order valence-corrected chi connectivity index (χ4v) is 5.12. The first-order chi connectivity index (χ1) is 17.3. The second-order valence-electron chi connectivity index (χ2n) is 9.41. The van der Waals surface area contributed by atoms with Crippen LogP contribution in [0.4, 0.5) is 13.2 Å². The molecule has 0 spiro atoms. The molecule has 0 radical (unpaired) electrons. The topological polar surface area (TPSA) is 12.9 Å². The highest BCUT2D eigenvalue weighted by molar-refractivity contribution is 6.12. The lowest BCUT2D eigenvalue weighted by atomic mass is 9.94. The molecule has 36 heavy (non-hydrogen) atoms. The molecule has 0 fully saturated rings. The zero-order valence-electron chi connectivity index (χ0n) is 19.8. The molecule has 6 aromatic rings. The summed E-state index contributed by atoms with van der Waals surface area (Å²) in [5.41, 5.74) is 5.85. The van der Waals surface area contributed by atoms with Gasteiger partial charge in [-0.25, -0.2) is 0 Å². The molecule has 0 aliphatic heterocycles. The minimum absolute atomic E-state index is 0.576. The third-order valence-electron chi connectivity index (χ3n) is 6.76. The molecule has 0 saturated carbocycles. The zero-order chi connectivity index (χ0) is 25.0. The van der Waals surface area contributed by atoms with Crippen LogP contribution >= 0.6 is 0 Å². The van der Waals surface area contributed by atoms with Crippen LogP contribution in [0.3, 0.4) is 0 Å². The fraction of sp³-hybridized carbons (Fsp3) is 0.0938. The number of aromatic nitrogens is 1. The maximum absolute atomic E-state index is 13.1. The van der Waals surface area contributed by atoms with Crippen LogP contribution in [0, 0.1) is 13.8 Å². The van der Waals surface area contributed by atoms with E-state index in [0.29, 0.717) is 5.39 Å². The van der Waals surface area contributed by atoms with Crippen molar-refractivity contribution >= 4 is 32.3 Å². The first-order valence-corrected chi connectivity index (χ1v) is 11.8. The highest BCUT2D eigenvalue weighted by Crippen LogP contribution is 2.36. The lowest BCUT2D eigenvalue weighted by Crippen LogP contribution is -2.04. The molecular weight excluding hydrogens is 455 g/mol. The number of halogens is 3. The number of aryl methyl sites for hydroxylation is 2. The van der Waals surface area contributed by atoms with Crippen molar-refractivity contribution in [2.75, 3.05) is 0 Å². The van der Waals surface area contributed by atoms with Gasteiger partial charge in [0.25, 0.3) is 0 Å². The maximum Gasteiger partial charge on any atom is 0.416 e. The molecule has 6 rings (SSSR count). The number of rotatable bonds is 2. The monoisotopic (exact) mass is 477 g/mol. The average molecular weight is 478 g/mol. The summed E-state index contributed by atoms with van der Waals surface area (Å²) in [5, 5.41) is 5.84. The Kier molecular flexibility index (Phi) is 5.08. The van der Waals surface area contributed by atoms with Crippen LogP contribution in [0.25, 0.3) is 54.7 Å². The van der Waals surface area contributed by atoms with E-state index < -0.39 is 11.7 Å². The Morgan fingerprint density at radius 2 is 1.14 bits per heavy atom. The normalized spacial score (nSPS) is 12.0. The van der Waals surface area contributed by atoms with Gasteiger partial charge in [-0.15, -0.1) is 0 Å². The van der Waals surface area contributed by atoms with Gasteiger partial charge >= 0.3 is 6.18 Å². The summed E-state index contributed by atoms with van der Waals surface area (Å²) in [7, 11) is 0. The molecule has 0 aliphatic carbocycles. The van der Waals surface area contributed by atoms with E-state index >= 15 is 0 Å². The number of benzene rings is 5. The van der Waals surface area contributed by atoms with E-state index in [1.165, 1.54) is 23.3 Å². The minimum atomic E-state index is -4.35. The average Bonchev–Trinajstić information content (AvgIpc) is 2.86. The highest BCUT2D eigenvalue weighted by atomic mass is 19.4. The van der Waals surface area contributed by atoms with E-state index in [2.05, 4.69) is 68.4 Å². The van der Waals surface area contributed by atoms with Crippen molar-refractivity contribution in [2.45, 2.75) is 20.0 Å². The molecule has 0 N–H and O–H groups in total. The van der Waals surface area contributed by atoms with Crippen molar-refractivity contribution in [1.82, 2.24) is 4.98 Å². The van der Waals surface area contributed by atoms with Gasteiger partial charge in [0.15, 0.2) is 0 Å². The van der Waals surface area contributed by atoms with E-state index in [1.807, 2.05) is 18.3 Å². The Labute approximate surface area is 206 Å². The van der Waals surface area contributed by atoms with Crippen LogP contribution in [0.1, 0.15) is 16.7 Å². The van der Waals surface area contributed by atoms with E-state index in [1.54, 1.807) is 6.07 Å². The van der Waals surface area contributed by atoms with Crippen LogP contribution < -0.4 is 0 Å². The van der Waals surface area contributed by atoms with Crippen molar-refractivity contribution in [3.05, 3.63) is 114 Å². The Bertz CT molecular complexity index is 1780. The van der Waals surface area contributed by atoms with Gasteiger partial charge in [-0.2, -0.15) is 13.2 Å². The fourth-order valence-electron chi connectivity index (χ4n) is 5.12. The smallest absolute Gasteiger partial charge is 0.256 e. The summed E-state index contributed by atoms with van der Waals surface area (Å²) in [4.78, 5) is 4.71.